The number of hydrogen-bond acceptors (Lipinski definition) is 3. The molecule has 0 amide bonds. The van der Waals surface area contributed by atoms with Crippen molar-refractivity contribution < 1.29 is 13.2 Å². The minimum absolute atomic E-state index is 0.238. The van der Waals surface area contributed by atoms with E-state index in [1.54, 1.807) is 0 Å². The van der Waals surface area contributed by atoms with Gasteiger partial charge in [-0.05, 0) is 51.9 Å². The summed E-state index contributed by atoms with van der Waals surface area (Å²) in [6, 6.07) is 0. The summed E-state index contributed by atoms with van der Waals surface area (Å²) in [7, 11) is 2.13. The van der Waals surface area contributed by atoms with Crippen molar-refractivity contribution in [2.45, 2.75) is 62.9 Å². The van der Waals surface area contributed by atoms with Crippen LogP contribution in [0.1, 0.15) is 46.0 Å². The molecule has 2 rings (SSSR count). The van der Waals surface area contributed by atoms with Gasteiger partial charge in [-0.15, -0.1) is 0 Å². The van der Waals surface area contributed by atoms with Crippen molar-refractivity contribution >= 4 is 19.7 Å². The fourth-order valence-electron chi connectivity index (χ4n) is 2.92. The molecule has 1 saturated heterocycles. The van der Waals surface area contributed by atoms with Crippen molar-refractivity contribution in [3.05, 3.63) is 0 Å². The molecule has 1 heterocycles. The van der Waals surface area contributed by atoms with Crippen molar-refractivity contribution in [3.63, 3.8) is 0 Å². The van der Waals surface area contributed by atoms with E-state index in [9.17, 15) is 8.42 Å². The number of halogens is 1. The largest absolute Gasteiger partial charge is 0.376 e. The SMILES string of the molecule is CC1CC(CC2(S(=O)(=O)Cl)CC2)CC(C)O1. The van der Waals surface area contributed by atoms with Gasteiger partial charge in [0.1, 0.15) is 0 Å². The van der Waals surface area contributed by atoms with Gasteiger partial charge in [0.05, 0.1) is 17.0 Å². The summed E-state index contributed by atoms with van der Waals surface area (Å²) in [4.78, 5) is 0. The van der Waals surface area contributed by atoms with Gasteiger partial charge in [0.15, 0.2) is 0 Å². The van der Waals surface area contributed by atoms with Crippen LogP contribution in [0.25, 0.3) is 0 Å². The predicted octanol–water partition coefficient (Wildman–Crippen LogP) is 2.68. The third-order valence-corrected chi connectivity index (χ3v) is 6.37. The average molecular weight is 267 g/mol. The summed E-state index contributed by atoms with van der Waals surface area (Å²) in [6.07, 6.45) is 4.58. The lowest BCUT2D eigenvalue weighted by Crippen LogP contribution is -2.33. The lowest BCUT2D eigenvalue weighted by Gasteiger charge is -2.33. The zero-order chi connectivity index (χ0) is 12.0. The van der Waals surface area contributed by atoms with Crippen LogP contribution >= 0.6 is 10.7 Å². The van der Waals surface area contributed by atoms with Gasteiger partial charge in [-0.3, -0.25) is 0 Å². The van der Waals surface area contributed by atoms with Crippen LogP contribution in [0, 0.1) is 5.92 Å². The molecule has 1 aliphatic carbocycles. The molecule has 0 radical (unpaired) electrons. The number of rotatable bonds is 3. The van der Waals surface area contributed by atoms with Gasteiger partial charge in [-0.25, -0.2) is 8.42 Å². The van der Waals surface area contributed by atoms with Crippen molar-refractivity contribution in [2.24, 2.45) is 5.92 Å². The molecule has 2 unspecified atom stereocenters. The average Bonchev–Trinajstić information content (AvgIpc) is 2.81. The van der Waals surface area contributed by atoms with E-state index in [2.05, 4.69) is 13.8 Å². The molecule has 0 spiro atoms. The van der Waals surface area contributed by atoms with Crippen molar-refractivity contribution in [2.75, 3.05) is 0 Å². The first-order chi connectivity index (χ1) is 7.32. The summed E-state index contributed by atoms with van der Waals surface area (Å²) in [5, 5.41) is 0. The molecule has 94 valence electrons. The molecule has 2 aliphatic rings. The summed E-state index contributed by atoms with van der Waals surface area (Å²) in [6.45, 7) is 4.11. The topological polar surface area (TPSA) is 43.4 Å². The van der Waals surface area contributed by atoms with E-state index in [1.165, 1.54) is 0 Å². The first-order valence-electron chi connectivity index (χ1n) is 5.92. The molecular formula is C11H19ClO3S. The second-order valence-electron chi connectivity index (χ2n) is 5.42. The summed E-state index contributed by atoms with van der Waals surface area (Å²) in [5.74, 6) is 0.440. The maximum atomic E-state index is 11.5. The van der Waals surface area contributed by atoms with Crippen LogP contribution in [-0.2, 0) is 13.8 Å². The Hall–Kier alpha value is 0.200. The Morgan fingerprint density at radius 1 is 1.25 bits per heavy atom. The van der Waals surface area contributed by atoms with E-state index in [1.807, 2.05) is 0 Å². The summed E-state index contributed by atoms with van der Waals surface area (Å²) >= 11 is 0. The van der Waals surface area contributed by atoms with Crippen LogP contribution in [0.5, 0.6) is 0 Å². The first kappa shape index (κ1) is 12.7. The normalized spacial score (nSPS) is 38.3. The van der Waals surface area contributed by atoms with E-state index in [0.29, 0.717) is 5.92 Å². The molecule has 16 heavy (non-hydrogen) atoms. The van der Waals surface area contributed by atoms with E-state index in [-0.39, 0.29) is 12.2 Å². The molecule has 1 saturated carbocycles. The highest BCUT2D eigenvalue weighted by Crippen LogP contribution is 2.51. The Balaban J connectivity index is 2.00. The Morgan fingerprint density at radius 2 is 1.75 bits per heavy atom. The quantitative estimate of drug-likeness (QED) is 0.738. The fourth-order valence-corrected chi connectivity index (χ4v) is 4.60. The Kier molecular flexibility index (Phi) is 3.28. The highest BCUT2D eigenvalue weighted by molar-refractivity contribution is 8.15. The molecule has 2 atom stereocenters. The smallest absolute Gasteiger partial charge is 0.238 e. The summed E-state index contributed by atoms with van der Waals surface area (Å²) < 4.78 is 28.0. The highest BCUT2D eigenvalue weighted by atomic mass is 35.7. The van der Waals surface area contributed by atoms with Gasteiger partial charge >= 0.3 is 0 Å². The summed E-state index contributed by atoms with van der Waals surface area (Å²) in [5.41, 5.74) is 0. The molecule has 0 N–H and O–H groups in total. The Bertz CT molecular complexity index is 351. The molecule has 5 heteroatoms. The van der Waals surface area contributed by atoms with E-state index in [0.717, 1.165) is 32.1 Å². The molecule has 0 aromatic heterocycles. The Morgan fingerprint density at radius 3 is 2.12 bits per heavy atom. The van der Waals surface area contributed by atoms with Gasteiger partial charge in [0.25, 0.3) is 0 Å². The van der Waals surface area contributed by atoms with Gasteiger partial charge < -0.3 is 4.74 Å². The molecule has 0 aromatic carbocycles. The van der Waals surface area contributed by atoms with E-state index >= 15 is 0 Å². The Labute approximate surface area is 102 Å². The third kappa shape index (κ3) is 2.54. The zero-order valence-electron chi connectivity index (χ0n) is 9.78. The maximum Gasteiger partial charge on any atom is 0.238 e. The number of hydrogen-bond donors (Lipinski definition) is 0. The van der Waals surface area contributed by atoms with Gasteiger partial charge in [0, 0.05) is 10.7 Å². The fraction of sp³-hybridized carbons (Fsp3) is 1.00. The van der Waals surface area contributed by atoms with Gasteiger partial charge in [0.2, 0.25) is 9.05 Å². The zero-order valence-corrected chi connectivity index (χ0v) is 11.4. The van der Waals surface area contributed by atoms with Crippen molar-refractivity contribution in [3.8, 4) is 0 Å². The lowest BCUT2D eigenvalue weighted by atomic mass is 9.88. The molecule has 0 aromatic rings. The molecule has 2 fully saturated rings. The monoisotopic (exact) mass is 266 g/mol. The first-order valence-corrected chi connectivity index (χ1v) is 8.23. The van der Waals surface area contributed by atoms with Gasteiger partial charge in [-0.2, -0.15) is 0 Å². The predicted molar refractivity (Wildman–Crippen MR) is 64.1 cm³/mol. The second-order valence-corrected chi connectivity index (χ2v) is 8.38. The van der Waals surface area contributed by atoms with Gasteiger partial charge in [-0.1, -0.05) is 0 Å². The van der Waals surface area contributed by atoms with Crippen molar-refractivity contribution in [1.29, 1.82) is 0 Å². The minimum atomic E-state index is -3.39. The third-order valence-electron chi connectivity index (χ3n) is 3.78. The van der Waals surface area contributed by atoms with Crippen LogP contribution in [0.2, 0.25) is 0 Å². The standard InChI is InChI=1S/C11H19ClO3S/c1-8-5-10(6-9(2)15-8)7-11(3-4-11)16(12,13)14/h8-10H,3-7H2,1-2H3. The van der Waals surface area contributed by atoms with Crippen LogP contribution in [-0.4, -0.2) is 25.4 Å². The number of ether oxygens (including phenoxy) is 1. The van der Waals surface area contributed by atoms with E-state index < -0.39 is 13.8 Å². The van der Waals surface area contributed by atoms with Crippen LogP contribution in [0.4, 0.5) is 0 Å². The maximum absolute atomic E-state index is 11.5. The van der Waals surface area contributed by atoms with E-state index in [4.69, 9.17) is 15.4 Å². The van der Waals surface area contributed by atoms with Crippen molar-refractivity contribution in [1.82, 2.24) is 0 Å². The molecule has 1 aliphatic heterocycles. The molecule has 0 bridgehead atoms. The molecule has 3 nitrogen and oxygen atoms in total. The van der Waals surface area contributed by atoms with Crippen LogP contribution in [0.15, 0.2) is 0 Å². The highest BCUT2D eigenvalue weighted by Gasteiger charge is 2.54. The minimum Gasteiger partial charge on any atom is -0.376 e. The second kappa shape index (κ2) is 4.14. The molecular weight excluding hydrogens is 248 g/mol. The lowest BCUT2D eigenvalue weighted by molar-refractivity contribution is -0.0538. The van der Waals surface area contributed by atoms with Crippen LogP contribution < -0.4 is 0 Å². The van der Waals surface area contributed by atoms with Crippen LogP contribution in [0.3, 0.4) is 0 Å².